The Morgan fingerprint density at radius 2 is 2.13 bits per heavy atom. The van der Waals surface area contributed by atoms with Crippen molar-refractivity contribution in [2.45, 2.75) is 33.2 Å². The van der Waals surface area contributed by atoms with Crippen LogP contribution in [-0.2, 0) is 0 Å². The molecule has 1 atom stereocenters. The van der Waals surface area contributed by atoms with E-state index in [0.717, 1.165) is 11.3 Å². The SMILES string of the molecule is Cc1nc(-c2ccsc2)ccc1C(=O)N[C@H](CC(C)C)c1nc(-c2ncn[nH]2)no1. The van der Waals surface area contributed by atoms with Crippen LogP contribution >= 0.6 is 11.3 Å². The van der Waals surface area contributed by atoms with Gasteiger partial charge in [0.25, 0.3) is 5.91 Å². The molecule has 0 aliphatic carbocycles. The summed E-state index contributed by atoms with van der Waals surface area (Å²) in [7, 11) is 0. The Kier molecular flexibility index (Phi) is 5.66. The van der Waals surface area contributed by atoms with Crippen molar-refractivity contribution in [2.75, 3.05) is 0 Å². The lowest BCUT2D eigenvalue weighted by atomic mass is 10.0. The second-order valence-corrected chi connectivity index (χ2v) is 8.07. The molecule has 2 N–H and O–H groups in total. The number of rotatable bonds is 7. The maximum atomic E-state index is 13.0. The van der Waals surface area contributed by atoms with Gasteiger partial charge in [0.1, 0.15) is 12.4 Å². The van der Waals surface area contributed by atoms with Gasteiger partial charge in [-0.25, -0.2) is 4.98 Å². The smallest absolute Gasteiger partial charge is 0.253 e. The average Bonchev–Trinajstić information content (AvgIpc) is 3.49. The molecule has 0 unspecified atom stereocenters. The monoisotopic (exact) mass is 423 g/mol. The molecule has 0 spiro atoms. The van der Waals surface area contributed by atoms with Gasteiger partial charge in [-0.2, -0.15) is 21.4 Å². The predicted molar refractivity (Wildman–Crippen MR) is 112 cm³/mol. The van der Waals surface area contributed by atoms with Crippen molar-refractivity contribution >= 4 is 17.2 Å². The molecule has 0 fully saturated rings. The van der Waals surface area contributed by atoms with E-state index in [0.29, 0.717) is 41.1 Å². The van der Waals surface area contributed by atoms with Crippen LogP contribution in [0.15, 0.2) is 39.8 Å². The zero-order chi connectivity index (χ0) is 21.1. The third-order valence-electron chi connectivity index (χ3n) is 4.53. The van der Waals surface area contributed by atoms with E-state index in [9.17, 15) is 4.79 Å². The highest BCUT2D eigenvalue weighted by Crippen LogP contribution is 2.24. The highest BCUT2D eigenvalue weighted by molar-refractivity contribution is 7.08. The minimum absolute atomic E-state index is 0.234. The molecule has 4 aromatic heterocycles. The largest absolute Gasteiger partial charge is 0.340 e. The summed E-state index contributed by atoms with van der Waals surface area (Å²) in [6, 6.07) is 5.23. The number of nitrogens with zero attached hydrogens (tertiary/aromatic N) is 5. The number of nitrogens with one attached hydrogen (secondary N) is 2. The highest BCUT2D eigenvalue weighted by Gasteiger charge is 2.25. The van der Waals surface area contributed by atoms with Crippen LogP contribution in [0.3, 0.4) is 0 Å². The molecule has 0 aromatic carbocycles. The zero-order valence-electron chi connectivity index (χ0n) is 16.8. The highest BCUT2D eigenvalue weighted by atomic mass is 32.1. The lowest BCUT2D eigenvalue weighted by molar-refractivity contribution is 0.0921. The Morgan fingerprint density at radius 1 is 1.27 bits per heavy atom. The van der Waals surface area contributed by atoms with Crippen LogP contribution in [-0.4, -0.2) is 36.2 Å². The van der Waals surface area contributed by atoms with E-state index in [4.69, 9.17) is 4.52 Å². The first kappa shape index (κ1) is 19.9. The molecular formula is C20H21N7O2S. The van der Waals surface area contributed by atoms with Crippen LogP contribution < -0.4 is 5.32 Å². The second kappa shape index (κ2) is 8.54. The maximum absolute atomic E-state index is 13.0. The topological polar surface area (TPSA) is 122 Å². The van der Waals surface area contributed by atoms with Gasteiger partial charge in [-0.05, 0) is 42.8 Å². The quantitative estimate of drug-likeness (QED) is 0.463. The minimum Gasteiger partial charge on any atom is -0.340 e. The van der Waals surface area contributed by atoms with Crippen LogP contribution in [0.4, 0.5) is 0 Å². The Hall–Kier alpha value is -3.40. The first-order valence-electron chi connectivity index (χ1n) is 9.51. The summed E-state index contributed by atoms with van der Waals surface area (Å²) in [5, 5.41) is 17.5. The molecule has 0 aliphatic heterocycles. The Bertz CT molecular complexity index is 1120. The molecule has 154 valence electrons. The van der Waals surface area contributed by atoms with Crippen molar-refractivity contribution in [3.8, 4) is 22.9 Å². The fourth-order valence-corrected chi connectivity index (χ4v) is 3.74. The van der Waals surface area contributed by atoms with E-state index in [2.05, 4.69) is 49.5 Å². The van der Waals surface area contributed by atoms with Gasteiger partial charge in [0.05, 0.1) is 17.0 Å². The number of pyridine rings is 1. The van der Waals surface area contributed by atoms with Gasteiger partial charge >= 0.3 is 0 Å². The number of aromatic amines is 1. The molecule has 4 aromatic rings. The lowest BCUT2D eigenvalue weighted by Crippen LogP contribution is -2.30. The van der Waals surface area contributed by atoms with Gasteiger partial charge in [0, 0.05) is 10.9 Å². The number of amides is 1. The van der Waals surface area contributed by atoms with Crippen LogP contribution in [0.1, 0.15) is 48.3 Å². The standard InChI is InChI=1S/C20H21N7O2S/c1-11(2)8-16(20-25-18(27-29-20)17-21-10-22-26-17)24-19(28)14-4-5-15(23-12(14)3)13-6-7-30-9-13/h4-7,9-11,16H,8H2,1-3H3,(H,24,28)(H,21,22,26)/t16-/m1/s1. The number of hydrogen-bond donors (Lipinski definition) is 2. The van der Waals surface area contributed by atoms with Crippen LogP contribution in [0.5, 0.6) is 0 Å². The number of hydrogen-bond acceptors (Lipinski definition) is 8. The predicted octanol–water partition coefficient (Wildman–Crippen LogP) is 3.80. The lowest BCUT2D eigenvalue weighted by Gasteiger charge is -2.17. The normalized spacial score (nSPS) is 12.3. The summed E-state index contributed by atoms with van der Waals surface area (Å²) in [5.41, 5.74) is 3.06. The Labute approximate surface area is 177 Å². The summed E-state index contributed by atoms with van der Waals surface area (Å²) in [4.78, 5) is 26.0. The van der Waals surface area contributed by atoms with Crippen LogP contribution in [0.2, 0.25) is 0 Å². The fraction of sp³-hybridized carbons (Fsp3) is 0.300. The summed E-state index contributed by atoms with van der Waals surface area (Å²) >= 11 is 1.61. The average molecular weight is 424 g/mol. The van der Waals surface area contributed by atoms with Gasteiger partial charge in [-0.15, -0.1) is 0 Å². The van der Waals surface area contributed by atoms with Gasteiger partial charge in [-0.1, -0.05) is 19.0 Å². The van der Waals surface area contributed by atoms with E-state index < -0.39 is 6.04 Å². The van der Waals surface area contributed by atoms with Gasteiger partial charge < -0.3 is 9.84 Å². The molecule has 10 heteroatoms. The van der Waals surface area contributed by atoms with E-state index >= 15 is 0 Å². The van der Waals surface area contributed by atoms with Crippen molar-refractivity contribution < 1.29 is 9.32 Å². The third kappa shape index (κ3) is 4.28. The Balaban J connectivity index is 1.55. The summed E-state index contributed by atoms with van der Waals surface area (Å²) in [6.45, 7) is 5.96. The van der Waals surface area contributed by atoms with Gasteiger partial charge in [-0.3, -0.25) is 14.9 Å². The van der Waals surface area contributed by atoms with Gasteiger partial charge in [0.2, 0.25) is 11.7 Å². The molecular weight excluding hydrogens is 402 g/mol. The fourth-order valence-electron chi connectivity index (χ4n) is 3.09. The van der Waals surface area contributed by atoms with E-state index in [1.54, 1.807) is 17.4 Å². The summed E-state index contributed by atoms with van der Waals surface area (Å²) < 4.78 is 5.41. The van der Waals surface area contributed by atoms with Crippen molar-refractivity contribution in [2.24, 2.45) is 5.92 Å². The molecule has 0 aliphatic rings. The number of aromatic nitrogens is 6. The minimum atomic E-state index is -0.433. The molecule has 4 heterocycles. The molecule has 30 heavy (non-hydrogen) atoms. The molecule has 0 bridgehead atoms. The summed E-state index contributed by atoms with van der Waals surface area (Å²) in [6.07, 6.45) is 2.01. The molecule has 4 rings (SSSR count). The molecule has 1 amide bonds. The number of H-pyrrole nitrogens is 1. The number of carbonyl (C=O) groups is 1. The van der Waals surface area contributed by atoms with Crippen molar-refractivity contribution in [3.63, 3.8) is 0 Å². The van der Waals surface area contributed by atoms with E-state index in [-0.39, 0.29) is 5.91 Å². The van der Waals surface area contributed by atoms with Crippen molar-refractivity contribution in [3.05, 3.63) is 52.4 Å². The molecule has 9 nitrogen and oxygen atoms in total. The van der Waals surface area contributed by atoms with Crippen molar-refractivity contribution in [1.29, 1.82) is 0 Å². The second-order valence-electron chi connectivity index (χ2n) is 7.29. The summed E-state index contributed by atoms with van der Waals surface area (Å²) in [5.74, 6) is 1.09. The molecule has 0 saturated heterocycles. The zero-order valence-corrected chi connectivity index (χ0v) is 17.6. The number of aryl methyl sites for hydroxylation is 1. The first-order valence-corrected chi connectivity index (χ1v) is 10.5. The number of carbonyl (C=O) groups excluding carboxylic acids is 1. The molecule has 0 radical (unpaired) electrons. The van der Waals surface area contributed by atoms with E-state index in [1.165, 1.54) is 6.33 Å². The first-order chi connectivity index (χ1) is 14.5. The van der Waals surface area contributed by atoms with Crippen LogP contribution in [0, 0.1) is 12.8 Å². The Morgan fingerprint density at radius 3 is 2.80 bits per heavy atom. The van der Waals surface area contributed by atoms with Gasteiger partial charge in [0.15, 0.2) is 5.82 Å². The van der Waals surface area contributed by atoms with Crippen molar-refractivity contribution in [1.82, 2.24) is 35.6 Å². The third-order valence-corrected chi connectivity index (χ3v) is 5.21. The maximum Gasteiger partial charge on any atom is 0.253 e. The molecule has 0 saturated carbocycles. The number of thiophene rings is 1. The van der Waals surface area contributed by atoms with Crippen LogP contribution in [0.25, 0.3) is 22.9 Å². The van der Waals surface area contributed by atoms with E-state index in [1.807, 2.05) is 29.8 Å².